The second-order valence-electron chi connectivity index (χ2n) is 5.37. The highest BCUT2D eigenvalue weighted by Crippen LogP contribution is 2.12. The lowest BCUT2D eigenvalue weighted by atomic mass is 10.1. The van der Waals surface area contributed by atoms with Crippen molar-refractivity contribution in [1.82, 2.24) is 14.9 Å². The molecule has 1 saturated heterocycles. The van der Waals surface area contributed by atoms with Crippen molar-refractivity contribution in [3.05, 3.63) is 34.9 Å². The smallest absolute Gasteiger partial charge is 0.214 e. The van der Waals surface area contributed by atoms with Gasteiger partial charge in [-0.15, -0.1) is 0 Å². The van der Waals surface area contributed by atoms with Gasteiger partial charge in [-0.3, -0.25) is 4.99 Å². The van der Waals surface area contributed by atoms with Gasteiger partial charge in [0.2, 0.25) is 10.0 Å². The minimum absolute atomic E-state index is 0.264. The lowest BCUT2D eigenvalue weighted by molar-refractivity contribution is 0.445. The van der Waals surface area contributed by atoms with Crippen LogP contribution in [0.1, 0.15) is 12.0 Å². The summed E-state index contributed by atoms with van der Waals surface area (Å²) in [7, 11) is -1.33. The molecule has 0 saturated carbocycles. The van der Waals surface area contributed by atoms with Crippen LogP contribution in [-0.2, 0) is 16.4 Å². The van der Waals surface area contributed by atoms with E-state index in [0.29, 0.717) is 25.6 Å². The fourth-order valence-electron chi connectivity index (χ4n) is 2.48. The van der Waals surface area contributed by atoms with Gasteiger partial charge in [-0.2, -0.15) is 0 Å². The Morgan fingerprint density at radius 1 is 1.35 bits per heavy atom. The van der Waals surface area contributed by atoms with Gasteiger partial charge in [0, 0.05) is 38.2 Å². The van der Waals surface area contributed by atoms with Crippen LogP contribution in [0.4, 0.5) is 0 Å². The van der Waals surface area contributed by atoms with E-state index in [1.807, 2.05) is 24.3 Å². The van der Waals surface area contributed by atoms with Gasteiger partial charge in [-0.05, 0) is 30.5 Å². The topological polar surface area (TPSA) is 73.8 Å². The monoisotopic (exact) mass is 358 g/mol. The summed E-state index contributed by atoms with van der Waals surface area (Å²) in [6.07, 6.45) is 1.55. The van der Waals surface area contributed by atoms with E-state index < -0.39 is 10.0 Å². The van der Waals surface area contributed by atoms with Gasteiger partial charge in [-0.1, -0.05) is 23.7 Å². The van der Waals surface area contributed by atoms with Crippen molar-refractivity contribution in [2.24, 2.45) is 4.99 Å². The quantitative estimate of drug-likeness (QED) is 0.589. The Morgan fingerprint density at radius 3 is 2.78 bits per heavy atom. The Kier molecular flexibility index (Phi) is 6.68. The second kappa shape index (κ2) is 8.52. The summed E-state index contributed by atoms with van der Waals surface area (Å²) in [5.74, 6) is 0.934. The first-order chi connectivity index (χ1) is 11.0. The number of hydrogen-bond donors (Lipinski definition) is 2. The third-order valence-electron chi connectivity index (χ3n) is 3.68. The van der Waals surface area contributed by atoms with Gasteiger partial charge in [0.1, 0.15) is 0 Å². The molecule has 0 aliphatic carbocycles. The lowest BCUT2D eigenvalue weighted by Gasteiger charge is -2.16. The molecule has 1 heterocycles. The van der Waals surface area contributed by atoms with Crippen molar-refractivity contribution in [2.45, 2.75) is 12.8 Å². The number of nitrogens with one attached hydrogen (secondary N) is 2. The van der Waals surface area contributed by atoms with E-state index in [0.717, 1.165) is 30.0 Å². The molecule has 1 aromatic carbocycles. The Balaban J connectivity index is 1.69. The largest absolute Gasteiger partial charge is 0.356 e. The van der Waals surface area contributed by atoms with Crippen LogP contribution in [0.25, 0.3) is 0 Å². The SMILES string of the molecule is CN=C(NCCc1cccc(Cl)c1)NCCN1CCCS1(=O)=O. The summed E-state index contributed by atoms with van der Waals surface area (Å²) in [6, 6.07) is 7.76. The summed E-state index contributed by atoms with van der Waals surface area (Å²) in [4.78, 5) is 4.14. The Bertz CT molecular complexity index is 649. The van der Waals surface area contributed by atoms with Gasteiger partial charge >= 0.3 is 0 Å². The molecule has 1 aliphatic rings. The molecule has 6 nitrogen and oxygen atoms in total. The predicted octanol–water partition coefficient (Wildman–Crippen LogP) is 1.08. The lowest BCUT2D eigenvalue weighted by Crippen LogP contribution is -2.42. The minimum atomic E-state index is -3.03. The van der Waals surface area contributed by atoms with E-state index in [2.05, 4.69) is 15.6 Å². The number of rotatable bonds is 6. The van der Waals surface area contributed by atoms with Crippen molar-refractivity contribution in [1.29, 1.82) is 0 Å². The first-order valence-corrected chi connectivity index (χ1v) is 9.67. The third-order valence-corrected chi connectivity index (χ3v) is 5.87. The van der Waals surface area contributed by atoms with Gasteiger partial charge in [0.15, 0.2) is 5.96 Å². The molecule has 0 atom stereocenters. The van der Waals surface area contributed by atoms with Crippen LogP contribution in [0, 0.1) is 0 Å². The molecule has 23 heavy (non-hydrogen) atoms. The molecule has 1 aromatic rings. The Labute approximate surface area is 143 Å². The second-order valence-corrected chi connectivity index (χ2v) is 7.90. The van der Waals surface area contributed by atoms with E-state index in [9.17, 15) is 8.42 Å². The van der Waals surface area contributed by atoms with Crippen molar-refractivity contribution in [3.63, 3.8) is 0 Å². The number of guanidine groups is 1. The highest BCUT2D eigenvalue weighted by atomic mass is 35.5. The van der Waals surface area contributed by atoms with Crippen molar-refractivity contribution in [3.8, 4) is 0 Å². The number of halogens is 1. The van der Waals surface area contributed by atoms with Gasteiger partial charge in [0.05, 0.1) is 5.75 Å². The van der Waals surface area contributed by atoms with E-state index in [4.69, 9.17) is 11.6 Å². The zero-order valence-corrected chi connectivity index (χ0v) is 14.8. The van der Waals surface area contributed by atoms with Crippen LogP contribution in [0.15, 0.2) is 29.3 Å². The van der Waals surface area contributed by atoms with Crippen molar-refractivity contribution in [2.75, 3.05) is 39.0 Å². The van der Waals surface area contributed by atoms with E-state index in [1.54, 1.807) is 7.05 Å². The average Bonchev–Trinajstić information content (AvgIpc) is 2.84. The molecular formula is C15H23ClN4O2S. The summed E-state index contributed by atoms with van der Waals surface area (Å²) < 4.78 is 24.9. The molecule has 1 fully saturated rings. The van der Waals surface area contributed by atoms with E-state index in [-0.39, 0.29) is 5.75 Å². The molecule has 0 radical (unpaired) electrons. The maximum atomic E-state index is 11.7. The Hall–Kier alpha value is -1.31. The fraction of sp³-hybridized carbons (Fsp3) is 0.533. The van der Waals surface area contributed by atoms with Crippen LogP contribution in [0.3, 0.4) is 0 Å². The maximum Gasteiger partial charge on any atom is 0.214 e. The van der Waals surface area contributed by atoms with Crippen molar-refractivity contribution >= 4 is 27.6 Å². The molecule has 0 amide bonds. The Morgan fingerprint density at radius 2 is 2.13 bits per heavy atom. The molecule has 128 valence electrons. The fourth-order valence-corrected chi connectivity index (χ4v) is 4.22. The molecule has 0 aromatic heterocycles. The summed E-state index contributed by atoms with van der Waals surface area (Å²) in [5, 5.41) is 7.08. The standard InChI is InChI=1S/C15H23ClN4O2S/c1-17-15(18-7-6-13-4-2-5-14(16)12-13)19-8-10-20-9-3-11-23(20,21)22/h2,4-5,12H,3,6-11H2,1H3,(H2,17,18,19). The first-order valence-electron chi connectivity index (χ1n) is 7.68. The van der Waals surface area contributed by atoms with E-state index in [1.165, 1.54) is 4.31 Å². The normalized spacial score (nSPS) is 18.1. The van der Waals surface area contributed by atoms with Crippen LogP contribution in [0.2, 0.25) is 5.02 Å². The molecule has 0 unspecified atom stereocenters. The van der Waals surface area contributed by atoms with Crippen LogP contribution < -0.4 is 10.6 Å². The van der Waals surface area contributed by atoms with Gasteiger partial charge < -0.3 is 10.6 Å². The number of aliphatic imine (C=N–C) groups is 1. The number of nitrogens with zero attached hydrogens (tertiary/aromatic N) is 2. The summed E-state index contributed by atoms with van der Waals surface area (Å²) in [5.41, 5.74) is 1.16. The van der Waals surface area contributed by atoms with Gasteiger partial charge in [0.25, 0.3) is 0 Å². The number of sulfonamides is 1. The minimum Gasteiger partial charge on any atom is -0.356 e. The summed E-state index contributed by atoms with van der Waals surface area (Å²) >= 11 is 5.96. The van der Waals surface area contributed by atoms with E-state index >= 15 is 0 Å². The highest BCUT2D eigenvalue weighted by Gasteiger charge is 2.27. The third kappa shape index (κ3) is 5.67. The maximum absolute atomic E-state index is 11.7. The van der Waals surface area contributed by atoms with Crippen LogP contribution >= 0.6 is 11.6 Å². The summed E-state index contributed by atoms with van der Waals surface area (Å²) in [6.45, 7) is 2.35. The molecule has 1 aliphatic heterocycles. The number of benzene rings is 1. The molecular weight excluding hydrogens is 336 g/mol. The first kappa shape index (κ1) is 18.0. The predicted molar refractivity (Wildman–Crippen MR) is 94.5 cm³/mol. The van der Waals surface area contributed by atoms with Gasteiger partial charge in [-0.25, -0.2) is 12.7 Å². The number of hydrogen-bond acceptors (Lipinski definition) is 3. The molecule has 0 spiro atoms. The van der Waals surface area contributed by atoms with Crippen LogP contribution in [-0.4, -0.2) is 57.7 Å². The zero-order valence-electron chi connectivity index (χ0n) is 13.3. The molecule has 2 N–H and O–H groups in total. The molecule has 2 rings (SSSR count). The highest BCUT2D eigenvalue weighted by molar-refractivity contribution is 7.89. The molecule has 8 heteroatoms. The van der Waals surface area contributed by atoms with Crippen molar-refractivity contribution < 1.29 is 8.42 Å². The average molecular weight is 359 g/mol. The zero-order chi connectivity index (χ0) is 16.7. The molecule has 0 bridgehead atoms. The van der Waals surface area contributed by atoms with Crippen LogP contribution in [0.5, 0.6) is 0 Å².